The standard InChI is InChI=1S/C15H22N2O3S/c1-14(2,21(3,19)20)10-17-13(18)15(8-9-15)11-4-6-12(16)7-5-11/h4-7H,8-10,16H2,1-3H3,(H,17,18). The average Bonchev–Trinajstić information content (AvgIpc) is 3.17. The largest absolute Gasteiger partial charge is 0.399 e. The number of sulfone groups is 1. The van der Waals surface area contributed by atoms with Crippen LogP contribution < -0.4 is 11.1 Å². The average molecular weight is 310 g/mol. The second-order valence-electron chi connectivity index (χ2n) is 6.42. The Balaban J connectivity index is 2.09. The third-order valence-electron chi connectivity index (χ3n) is 4.33. The molecular weight excluding hydrogens is 288 g/mol. The molecule has 0 saturated heterocycles. The van der Waals surface area contributed by atoms with Gasteiger partial charge in [-0.2, -0.15) is 0 Å². The maximum Gasteiger partial charge on any atom is 0.230 e. The monoisotopic (exact) mass is 310 g/mol. The second kappa shape index (κ2) is 5.02. The van der Waals surface area contributed by atoms with Crippen LogP contribution in [0.5, 0.6) is 0 Å². The van der Waals surface area contributed by atoms with E-state index in [9.17, 15) is 13.2 Å². The highest BCUT2D eigenvalue weighted by Crippen LogP contribution is 2.48. The molecule has 6 heteroatoms. The fourth-order valence-corrected chi connectivity index (χ4v) is 2.50. The van der Waals surface area contributed by atoms with Gasteiger partial charge >= 0.3 is 0 Å². The predicted molar refractivity (Wildman–Crippen MR) is 83.7 cm³/mol. The molecule has 21 heavy (non-hydrogen) atoms. The summed E-state index contributed by atoms with van der Waals surface area (Å²) >= 11 is 0. The molecule has 0 bridgehead atoms. The van der Waals surface area contributed by atoms with Gasteiger partial charge in [-0.1, -0.05) is 12.1 Å². The Morgan fingerprint density at radius 2 is 1.81 bits per heavy atom. The lowest BCUT2D eigenvalue weighted by atomic mass is 9.94. The van der Waals surface area contributed by atoms with Crippen molar-refractivity contribution in [1.82, 2.24) is 5.32 Å². The summed E-state index contributed by atoms with van der Waals surface area (Å²) in [4.78, 5) is 12.4. The van der Waals surface area contributed by atoms with Gasteiger partial charge in [-0.15, -0.1) is 0 Å². The fraction of sp³-hybridized carbons (Fsp3) is 0.533. The van der Waals surface area contributed by atoms with Crippen molar-refractivity contribution in [3.63, 3.8) is 0 Å². The molecule has 5 nitrogen and oxygen atoms in total. The van der Waals surface area contributed by atoms with Crippen LogP contribution >= 0.6 is 0 Å². The Morgan fingerprint density at radius 3 is 2.24 bits per heavy atom. The number of amides is 1. The summed E-state index contributed by atoms with van der Waals surface area (Å²) in [5.74, 6) is -0.107. The fourth-order valence-electron chi connectivity index (χ4n) is 2.17. The summed E-state index contributed by atoms with van der Waals surface area (Å²) in [6, 6.07) is 7.29. The van der Waals surface area contributed by atoms with Gasteiger partial charge in [0.1, 0.15) is 0 Å². The highest BCUT2D eigenvalue weighted by atomic mass is 32.2. The molecule has 0 aliphatic heterocycles. The van der Waals surface area contributed by atoms with E-state index in [2.05, 4.69) is 5.32 Å². The molecule has 3 N–H and O–H groups in total. The minimum Gasteiger partial charge on any atom is -0.399 e. The SMILES string of the molecule is CC(C)(CNC(=O)C1(c2ccc(N)cc2)CC1)S(C)(=O)=O. The van der Waals surface area contributed by atoms with Crippen molar-refractivity contribution < 1.29 is 13.2 Å². The van der Waals surface area contributed by atoms with Crippen molar-refractivity contribution in [2.75, 3.05) is 18.5 Å². The Kier molecular flexibility index (Phi) is 3.78. The van der Waals surface area contributed by atoms with Crippen molar-refractivity contribution in [3.05, 3.63) is 29.8 Å². The number of anilines is 1. The zero-order valence-electron chi connectivity index (χ0n) is 12.6. The summed E-state index contributed by atoms with van der Waals surface area (Å²) in [6.45, 7) is 3.35. The number of rotatable bonds is 5. The van der Waals surface area contributed by atoms with Gasteiger partial charge in [-0.05, 0) is 44.4 Å². The van der Waals surface area contributed by atoms with Gasteiger partial charge in [0.25, 0.3) is 0 Å². The maximum atomic E-state index is 12.4. The van der Waals surface area contributed by atoms with Gasteiger partial charge in [0, 0.05) is 18.5 Å². The lowest BCUT2D eigenvalue weighted by Crippen LogP contribution is -2.46. The van der Waals surface area contributed by atoms with Crippen LogP contribution in [0.4, 0.5) is 5.69 Å². The second-order valence-corrected chi connectivity index (χ2v) is 9.07. The van der Waals surface area contributed by atoms with E-state index in [0.717, 1.165) is 18.4 Å². The van der Waals surface area contributed by atoms with Gasteiger partial charge in [0.2, 0.25) is 5.91 Å². The maximum absolute atomic E-state index is 12.4. The van der Waals surface area contributed by atoms with Crippen molar-refractivity contribution in [2.24, 2.45) is 0 Å². The summed E-state index contributed by atoms with van der Waals surface area (Å²) in [5, 5.41) is 2.80. The van der Waals surface area contributed by atoms with Crippen LogP contribution in [-0.2, 0) is 20.0 Å². The summed E-state index contributed by atoms with van der Waals surface area (Å²) < 4.78 is 22.4. The molecule has 1 aliphatic carbocycles. The Morgan fingerprint density at radius 1 is 1.29 bits per heavy atom. The minimum absolute atomic E-state index is 0.107. The highest BCUT2D eigenvalue weighted by molar-refractivity contribution is 7.92. The molecule has 0 radical (unpaired) electrons. The highest BCUT2D eigenvalue weighted by Gasteiger charge is 2.51. The molecule has 0 spiro atoms. The van der Waals surface area contributed by atoms with E-state index in [1.807, 2.05) is 12.1 Å². The molecule has 2 rings (SSSR count). The first-order valence-electron chi connectivity index (χ1n) is 6.92. The molecule has 1 aliphatic rings. The zero-order valence-corrected chi connectivity index (χ0v) is 13.5. The van der Waals surface area contributed by atoms with Gasteiger partial charge in [-0.3, -0.25) is 4.79 Å². The van der Waals surface area contributed by atoms with Crippen LogP contribution in [0.2, 0.25) is 0 Å². The number of carbonyl (C=O) groups excluding carboxylic acids is 1. The first-order valence-corrected chi connectivity index (χ1v) is 8.82. The van der Waals surface area contributed by atoms with E-state index in [1.54, 1.807) is 26.0 Å². The number of benzene rings is 1. The first kappa shape index (κ1) is 15.8. The van der Waals surface area contributed by atoms with Crippen molar-refractivity contribution in [1.29, 1.82) is 0 Å². The zero-order chi connectivity index (χ0) is 15.9. The number of carbonyl (C=O) groups is 1. The topological polar surface area (TPSA) is 89.3 Å². The number of hydrogen-bond donors (Lipinski definition) is 2. The van der Waals surface area contributed by atoms with E-state index in [4.69, 9.17) is 5.73 Å². The van der Waals surface area contributed by atoms with Crippen molar-refractivity contribution in [3.8, 4) is 0 Å². The number of nitrogens with one attached hydrogen (secondary N) is 1. The van der Waals surface area contributed by atoms with E-state index in [1.165, 1.54) is 6.26 Å². The third kappa shape index (κ3) is 3.05. The molecule has 0 aromatic heterocycles. The molecule has 1 aromatic carbocycles. The van der Waals surface area contributed by atoms with E-state index < -0.39 is 20.0 Å². The quantitative estimate of drug-likeness (QED) is 0.801. The normalized spacial score (nSPS) is 17.3. The number of nitrogen functional groups attached to an aromatic ring is 1. The Labute approximate surface area is 125 Å². The molecule has 1 fully saturated rings. The summed E-state index contributed by atoms with van der Waals surface area (Å²) in [7, 11) is -3.22. The molecule has 1 aromatic rings. The van der Waals surface area contributed by atoms with Crippen LogP contribution in [0.1, 0.15) is 32.3 Å². The lowest BCUT2D eigenvalue weighted by molar-refractivity contribution is -0.123. The Bertz CT molecular complexity index is 644. The van der Waals surface area contributed by atoms with Crippen molar-refractivity contribution in [2.45, 2.75) is 36.9 Å². The number of hydrogen-bond acceptors (Lipinski definition) is 4. The molecule has 1 amide bonds. The van der Waals surface area contributed by atoms with Crippen LogP contribution in [0.15, 0.2) is 24.3 Å². The molecule has 0 heterocycles. The van der Waals surface area contributed by atoms with E-state index in [-0.39, 0.29) is 12.5 Å². The third-order valence-corrected chi connectivity index (χ3v) is 6.48. The van der Waals surface area contributed by atoms with Crippen LogP contribution in [0.3, 0.4) is 0 Å². The number of nitrogens with two attached hydrogens (primary N) is 1. The van der Waals surface area contributed by atoms with Gasteiger partial charge in [0.05, 0.1) is 10.2 Å². The van der Waals surface area contributed by atoms with Gasteiger partial charge < -0.3 is 11.1 Å². The first-order chi connectivity index (χ1) is 9.58. The molecule has 116 valence electrons. The van der Waals surface area contributed by atoms with Gasteiger partial charge in [0.15, 0.2) is 9.84 Å². The molecular formula is C15H22N2O3S. The van der Waals surface area contributed by atoms with Crippen LogP contribution in [0, 0.1) is 0 Å². The molecule has 0 unspecified atom stereocenters. The molecule has 0 atom stereocenters. The molecule has 1 saturated carbocycles. The minimum atomic E-state index is -3.22. The lowest BCUT2D eigenvalue weighted by Gasteiger charge is -2.24. The Hall–Kier alpha value is -1.56. The van der Waals surface area contributed by atoms with E-state index in [0.29, 0.717) is 5.69 Å². The van der Waals surface area contributed by atoms with Gasteiger partial charge in [-0.25, -0.2) is 8.42 Å². The van der Waals surface area contributed by atoms with E-state index >= 15 is 0 Å². The van der Waals surface area contributed by atoms with Crippen LogP contribution in [0.25, 0.3) is 0 Å². The predicted octanol–water partition coefficient (Wildman–Crippen LogP) is 1.24. The summed E-state index contributed by atoms with van der Waals surface area (Å²) in [5.41, 5.74) is 6.75. The van der Waals surface area contributed by atoms with Crippen LogP contribution in [-0.4, -0.2) is 31.9 Å². The van der Waals surface area contributed by atoms with Crippen molar-refractivity contribution >= 4 is 21.4 Å². The smallest absolute Gasteiger partial charge is 0.230 e. The summed E-state index contributed by atoms with van der Waals surface area (Å²) in [6.07, 6.45) is 2.75.